The molecular weight excluding hydrogens is 320 g/mol. The third-order valence-corrected chi connectivity index (χ3v) is 4.69. The number of fused-ring (bicyclic) bond motifs is 1. The fraction of sp³-hybridized carbons (Fsp3) is 0.125. The van der Waals surface area contributed by atoms with E-state index in [2.05, 4.69) is 12.1 Å². The van der Waals surface area contributed by atoms with E-state index in [-0.39, 0.29) is 5.78 Å². The van der Waals surface area contributed by atoms with Crippen molar-refractivity contribution in [1.29, 1.82) is 0 Å². The Morgan fingerprint density at radius 3 is 2.04 bits per heavy atom. The summed E-state index contributed by atoms with van der Waals surface area (Å²) >= 11 is 0. The van der Waals surface area contributed by atoms with Crippen molar-refractivity contribution in [2.75, 3.05) is 6.61 Å². The maximum absolute atomic E-state index is 12.9. The van der Waals surface area contributed by atoms with Gasteiger partial charge in [-0.05, 0) is 22.3 Å². The summed E-state index contributed by atoms with van der Waals surface area (Å²) in [6, 6.07) is 28.1. The molecule has 0 aliphatic heterocycles. The predicted octanol–water partition coefficient (Wildman–Crippen LogP) is 5.29. The van der Waals surface area contributed by atoms with Gasteiger partial charge in [-0.2, -0.15) is 0 Å². The average molecular weight is 340 g/mol. The first-order chi connectivity index (χ1) is 12.8. The number of carbonyl (C=O) groups excluding carboxylic acids is 1. The van der Waals surface area contributed by atoms with E-state index in [9.17, 15) is 4.79 Å². The zero-order valence-electron chi connectivity index (χ0n) is 14.5. The highest BCUT2D eigenvalue weighted by atomic mass is 16.5. The number of hydrogen-bond donors (Lipinski definition) is 0. The number of ketones is 1. The molecule has 2 heteroatoms. The molecule has 0 spiro atoms. The minimum Gasteiger partial charge on any atom is -0.376 e. The topological polar surface area (TPSA) is 26.3 Å². The van der Waals surface area contributed by atoms with Gasteiger partial charge in [-0.15, -0.1) is 0 Å². The molecule has 0 atom stereocenters. The monoisotopic (exact) mass is 340 g/mol. The van der Waals surface area contributed by atoms with Gasteiger partial charge in [0.15, 0.2) is 5.78 Å². The molecule has 26 heavy (non-hydrogen) atoms. The summed E-state index contributed by atoms with van der Waals surface area (Å²) < 4.78 is 5.83. The van der Waals surface area contributed by atoms with Crippen molar-refractivity contribution in [3.8, 4) is 0 Å². The second-order valence-corrected chi connectivity index (χ2v) is 6.38. The molecule has 1 aliphatic carbocycles. The van der Waals surface area contributed by atoms with Gasteiger partial charge in [0.2, 0.25) is 0 Å². The first-order valence-corrected chi connectivity index (χ1v) is 8.89. The fourth-order valence-electron chi connectivity index (χ4n) is 3.45. The van der Waals surface area contributed by atoms with Gasteiger partial charge in [0.1, 0.15) is 0 Å². The summed E-state index contributed by atoms with van der Waals surface area (Å²) in [6.07, 6.45) is 0.616. The molecule has 0 saturated heterocycles. The third kappa shape index (κ3) is 3.24. The quantitative estimate of drug-likeness (QED) is 0.570. The molecule has 3 aromatic rings. The number of ether oxygens (including phenoxy) is 1. The van der Waals surface area contributed by atoms with Gasteiger partial charge in [0.05, 0.1) is 13.2 Å². The second-order valence-electron chi connectivity index (χ2n) is 6.38. The van der Waals surface area contributed by atoms with Crippen LogP contribution in [0.15, 0.2) is 90.5 Å². The van der Waals surface area contributed by atoms with E-state index < -0.39 is 0 Å². The largest absolute Gasteiger partial charge is 0.376 e. The highest BCUT2D eigenvalue weighted by Crippen LogP contribution is 2.38. The lowest BCUT2D eigenvalue weighted by Crippen LogP contribution is -2.04. The molecule has 0 bridgehead atoms. The maximum Gasteiger partial charge on any atom is 0.190 e. The minimum absolute atomic E-state index is 0.128. The lowest BCUT2D eigenvalue weighted by Gasteiger charge is -2.09. The maximum atomic E-state index is 12.9. The summed E-state index contributed by atoms with van der Waals surface area (Å²) in [5.41, 5.74) is 5.96. The number of Topliss-reactive ketones (excluding diaryl/α,β-unsaturated/α-hetero) is 1. The van der Waals surface area contributed by atoms with Gasteiger partial charge < -0.3 is 4.74 Å². The van der Waals surface area contributed by atoms with Crippen LogP contribution in [0.3, 0.4) is 0 Å². The first-order valence-electron chi connectivity index (χ1n) is 8.89. The van der Waals surface area contributed by atoms with Gasteiger partial charge in [0, 0.05) is 17.6 Å². The van der Waals surface area contributed by atoms with Crippen molar-refractivity contribution < 1.29 is 9.53 Å². The zero-order valence-corrected chi connectivity index (χ0v) is 14.5. The Hall–Kier alpha value is -2.97. The molecule has 4 rings (SSSR count). The zero-order chi connectivity index (χ0) is 17.8. The molecular formula is C24H20O2. The van der Waals surface area contributed by atoms with E-state index in [1.54, 1.807) is 0 Å². The van der Waals surface area contributed by atoms with Crippen LogP contribution in [-0.2, 0) is 11.3 Å². The smallest absolute Gasteiger partial charge is 0.190 e. The lowest BCUT2D eigenvalue weighted by molar-refractivity contribution is 0.0999. The molecule has 0 radical (unpaired) electrons. The summed E-state index contributed by atoms with van der Waals surface area (Å²) in [4.78, 5) is 12.9. The average Bonchev–Trinajstić information content (AvgIpc) is 2.99. The lowest BCUT2D eigenvalue weighted by atomic mass is 9.97. The van der Waals surface area contributed by atoms with Crippen molar-refractivity contribution >= 4 is 11.4 Å². The van der Waals surface area contributed by atoms with E-state index in [1.165, 1.54) is 0 Å². The SMILES string of the molecule is O=C1C(CCOCc2ccccc2)=C(c2ccccc2)c2ccccc21. The molecule has 0 unspecified atom stereocenters. The Morgan fingerprint density at radius 1 is 0.692 bits per heavy atom. The Bertz CT molecular complexity index is 940. The summed E-state index contributed by atoms with van der Waals surface area (Å²) in [6.45, 7) is 1.09. The Labute approximate surface area is 153 Å². The molecule has 3 aromatic carbocycles. The standard InChI is InChI=1S/C24H20O2/c25-24-21-14-8-7-13-20(21)23(19-11-5-2-6-12-19)22(24)15-16-26-17-18-9-3-1-4-10-18/h1-14H,15-17H2. The van der Waals surface area contributed by atoms with Crippen LogP contribution in [0.5, 0.6) is 0 Å². The van der Waals surface area contributed by atoms with Gasteiger partial charge in [0.25, 0.3) is 0 Å². The number of benzene rings is 3. The van der Waals surface area contributed by atoms with Crippen LogP contribution in [-0.4, -0.2) is 12.4 Å². The Kier molecular flexibility index (Phi) is 4.76. The predicted molar refractivity (Wildman–Crippen MR) is 104 cm³/mol. The van der Waals surface area contributed by atoms with Gasteiger partial charge in [-0.25, -0.2) is 0 Å². The number of carbonyl (C=O) groups is 1. The molecule has 0 saturated carbocycles. The van der Waals surface area contributed by atoms with Crippen LogP contribution in [0.1, 0.15) is 33.5 Å². The van der Waals surface area contributed by atoms with Crippen LogP contribution in [0.2, 0.25) is 0 Å². The summed E-state index contributed by atoms with van der Waals surface area (Å²) in [5.74, 6) is 0.128. The van der Waals surface area contributed by atoms with Gasteiger partial charge in [-0.1, -0.05) is 84.9 Å². The first kappa shape index (κ1) is 16.5. The van der Waals surface area contributed by atoms with E-state index >= 15 is 0 Å². The van der Waals surface area contributed by atoms with Crippen LogP contribution in [0, 0.1) is 0 Å². The molecule has 1 aliphatic rings. The molecule has 128 valence electrons. The van der Waals surface area contributed by atoms with Crippen molar-refractivity contribution in [3.63, 3.8) is 0 Å². The second kappa shape index (κ2) is 7.51. The molecule has 2 nitrogen and oxygen atoms in total. The van der Waals surface area contributed by atoms with Crippen LogP contribution in [0.4, 0.5) is 0 Å². The molecule has 0 aromatic heterocycles. The molecule has 0 heterocycles. The van der Waals surface area contributed by atoms with E-state index in [1.807, 2.05) is 72.8 Å². The highest BCUT2D eigenvalue weighted by molar-refractivity contribution is 6.22. The fourth-order valence-corrected chi connectivity index (χ4v) is 3.45. The summed E-state index contributed by atoms with van der Waals surface area (Å²) in [5, 5.41) is 0. The number of rotatable bonds is 6. The minimum atomic E-state index is 0.128. The van der Waals surface area contributed by atoms with Crippen molar-refractivity contribution in [2.45, 2.75) is 13.0 Å². The summed E-state index contributed by atoms with van der Waals surface area (Å²) in [7, 11) is 0. The van der Waals surface area contributed by atoms with Gasteiger partial charge in [-0.3, -0.25) is 4.79 Å². The van der Waals surface area contributed by atoms with E-state index in [0.29, 0.717) is 19.6 Å². The number of hydrogen-bond acceptors (Lipinski definition) is 2. The van der Waals surface area contributed by atoms with Crippen LogP contribution >= 0.6 is 0 Å². The van der Waals surface area contributed by atoms with E-state index in [0.717, 1.165) is 33.4 Å². The van der Waals surface area contributed by atoms with Gasteiger partial charge >= 0.3 is 0 Å². The Morgan fingerprint density at radius 2 is 1.31 bits per heavy atom. The molecule has 0 amide bonds. The van der Waals surface area contributed by atoms with Crippen molar-refractivity contribution in [1.82, 2.24) is 0 Å². The Balaban J connectivity index is 1.56. The van der Waals surface area contributed by atoms with E-state index in [4.69, 9.17) is 4.74 Å². The molecule has 0 fully saturated rings. The van der Waals surface area contributed by atoms with Crippen LogP contribution in [0.25, 0.3) is 5.57 Å². The van der Waals surface area contributed by atoms with Crippen molar-refractivity contribution in [3.05, 3.63) is 113 Å². The third-order valence-electron chi connectivity index (χ3n) is 4.69. The molecule has 0 N–H and O–H groups in total. The van der Waals surface area contributed by atoms with Crippen molar-refractivity contribution in [2.24, 2.45) is 0 Å². The van der Waals surface area contributed by atoms with Crippen LogP contribution < -0.4 is 0 Å². The highest BCUT2D eigenvalue weighted by Gasteiger charge is 2.29. The normalized spacial score (nSPS) is 13.2.